The number of methoxy groups -OCH3 is 3. The Morgan fingerprint density at radius 3 is 2.40 bits per heavy atom. The Morgan fingerprint density at radius 2 is 1.67 bits per heavy atom. The summed E-state index contributed by atoms with van der Waals surface area (Å²) in [6, 6.07) is 16.2. The van der Waals surface area contributed by atoms with E-state index in [1.807, 2.05) is 18.2 Å². The molecule has 7 nitrogen and oxygen atoms in total. The van der Waals surface area contributed by atoms with Crippen LogP contribution in [0, 0.1) is 11.3 Å². The number of amides is 1. The van der Waals surface area contributed by atoms with Crippen molar-refractivity contribution in [2.45, 2.75) is 77.2 Å². The Bertz CT molecular complexity index is 1690. The summed E-state index contributed by atoms with van der Waals surface area (Å²) in [6.07, 6.45) is 7.05. The highest BCUT2D eigenvalue weighted by Crippen LogP contribution is 2.57. The number of fused-ring (bicyclic) bond motifs is 6. The maximum atomic E-state index is 14.0. The molecule has 45 heavy (non-hydrogen) atoms. The number of hydrogen-bond acceptors (Lipinski definition) is 6. The number of benzene rings is 2. The van der Waals surface area contributed by atoms with Gasteiger partial charge in [0.2, 0.25) is 17.1 Å². The van der Waals surface area contributed by atoms with E-state index < -0.39 is 0 Å². The zero-order chi connectivity index (χ0) is 31.9. The molecule has 238 valence electrons. The minimum absolute atomic E-state index is 0.0386. The van der Waals surface area contributed by atoms with Crippen molar-refractivity contribution in [1.29, 1.82) is 0 Å². The summed E-state index contributed by atoms with van der Waals surface area (Å²) in [5.41, 5.74) is 7.12. The Kier molecular flexibility index (Phi) is 8.31. The SMILES string of the molecule is COc1cc2c(c(OC)c1OC)-c1ccc(NCC3(C)CCCC4(C)c5ccccc5CCC34)c(=O)cc1C(NC(C)=O)CC2. The first kappa shape index (κ1) is 31.0. The Balaban J connectivity index is 1.41. The molecule has 0 aliphatic heterocycles. The molecular formula is C38H46N2O5. The van der Waals surface area contributed by atoms with Crippen molar-refractivity contribution in [1.82, 2.24) is 5.32 Å². The Morgan fingerprint density at radius 1 is 0.911 bits per heavy atom. The van der Waals surface area contributed by atoms with Crippen LogP contribution in [0.15, 0.2) is 53.3 Å². The fraction of sp³-hybridized carbons (Fsp3) is 0.474. The third kappa shape index (κ3) is 5.34. The fourth-order valence-corrected chi connectivity index (χ4v) is 8.92. The average molecular weight is 611 g/mol. The lowest BCUT2D eigenvalue weighted by atomic mass is 9.50. The molecular weight excluding hydrogens is 564 g/mol. The summed E-state index contributed by atoms with van der Waals surface area (Å²) in [6.45, 7) is 7.11. The van der Waals surface area contributed by atoms with Crippen molar-refractivity contribution in [2.75, 3.05) is 33.2 Å². The molecule has 6 rings (SSSR count). The molecule has 3 aliphatic carbocycles. The molecule has 1 saturated carbocycles. The molecule has 0 aromatic heterocycles. The quantitative estimate of drug-likeness (QED) is 0.300. The van der Waals surface area contributed by atoms with Gasteiger partial charge < -0.3 is 24.8 Å². The van der Waals surface area contributed by atoms with Gasteiger partial charge in [-0.2, -0.15) is 0 Å². The van der Waals surface area contributed by atoms with E-state index >= 15 is 0 Å². The molecule has 3 aliphatic rings. The number of carbonyl (C=O) groups is 1. The highest BCUT2D eigenvalue weighted by Gasteiger charge is 2.51. The largest absolute Gasteiger partial charge is 0.493 e. The normalized spacial score (nSPS) is 24.9. The lowest BCUT2D eigenvalue weighted by Crippen LogP contribution is -2.51. The molecule has 3 aromatic rings. The van der Waals surface area contributed by atoms with Gasteiger partial charge in [0.15, 0.2) is 11.5 Å². The molecule has 4 atom stereocenters. The summed E-state index contributed by atoms with van der Waals surface area (Å²) in [5.74, 6) is 2.01. The predicted molar refractivity (Wildman–Crippen MR) is 179 cm³/mol. The molecule has 1 amide bonds. The van der Waals surface area contributed by atoms with E-state index in [-0.39, 0.29) is 28.2 Å². The monoisotopic (exact) mass is 610 g/mol. The number of hydrogen-bond donors (Lipinski definition) is 2. The summed E-state index contributed by atoms with van der Waals surface area (Å²) in [5, 5.41) is 6.73. The minimum atomic E-state index is -0.335. The average Bonchev–Trinajstić information content (AvgIpc) is 3.27. The summed E-state index contributed by atoms with van der Waals surface area (Å²) >= 11 is 0. The van der Waals surface area contributed by atoms with Gasteiger partial charge in [0.1, 0.15) is 0 Å². The van der Waals surface area contributed by atoms with Crippen LogP contribution in [0.25, 0.3) is 11.1 Å². The van der Waals surface area contributed by atoms with Crippen LogP contribution in [0.2, 0.25) is 0 Å². The third-order valence-electron chi connectivity index (χ3n) is 11.0. The van der Waals surface area contributed by atoms with Crippen molar-refractivity contribution >= 4 is 11.6 Å². The molecule has 2 N–H and O–H groups in total. The van der Waals surface area contributed by atoms with E-state index in [4.69, 9.17) is 14.2 Å². The van der Waals surface area contributed by atoms with Crippen LogP contribution < -0.4 is 30.3 Å². The highest BCUT2D eigenvalue weighted by atomic mass is 16.5. The number of anilines is 1. The van der Waals surface area contributed by atoms with Crippen LogP contribution in [0.3, 0.4) is 0 Å². The van der Waals surface area contributed by atoms with Crippen molar-refractivity contribution in [3.05, 3.63) is 81.0 Å². The molecule has 0 saturated heterocycles. The van der Waals surface area contributed by atoms with Crippen LogP contribution in [0.4, 0.5) is 5.69 Å². The summed E-state index contributed by atoms with van der Waals surface area (Å²) in [7, 11) is 4.82. The second-order valence-corrected chi connectivity index (χ2v) is 13.6. The molecule has 3 aromatic carbocycles. The standard InChI is InChI=1S/C38H46N2O5/c1-23(41)40-29-15-12-25-20-32(43-4)35(44-5)36(45-6)34(25)26-14-16-30(31(42)21-27(26)29)39-22-37(2)18-9-19-38(3)28-11-8-7-10-24(28)13-17-33(37)38/h7-8,10-11,14,16,20-21,29,33H,9,12-13,15,17-19,22H2,1-6H3,(H,39,42)(H,40,41). The summed E-state index contributed by atoms with van der Waals surface area (Å²) < 4.78 is 17.3. The molecule has 7 heteroatoms. The van der Waals surface area contributed by atoms with E-state index in [9.17, 15) is 9.59 Å². The van der Waals surface area contributed by atoms with Gasteiger partial charge in [-0.3, -0.25) is 9.59 Å². The molecule has 1 fully saturated rings. The second kappa shape index (κ2) is 12.1. The van der Waals surface area contributed by atoms with Gasteiger partial charge >= 0.3 is 0 Å². The van der Waals surface area contributed by atoms with Gasteiger partial charge in [-0.05, 0) is 101 Å². The molecule has 4 unspecified atom stereocenters. The van der Waals surface area contributed by atoms with Crippen LogP contribution in [0.1, 0.15) is 81.2 Å². The lowest BCUT2D eigenvalue weighted by molar-refractivity contribution is -0.119. The minimum Gasteiger partial charge on any atom is -0.493 e. The number of nitrogens with one attached hydrogen (secondary N) is 2. The van der Waals surface area contributed by atoms with Crippen LogP contribution in [0.5, 0.6) is 17.2 Å². The van der Waals surface area contributed by atoms with Crippen molar-refractivity contribution in [3.8, 4) is 28.4 Å². The molecule has 0 radical (unpaired) electrons. The van der Waals surface area contributed by atoms with Crippen molar-refractivity contribution < 1.29 is 19.0 Å². The van der Waals surface area contributed by atoms with Gasteiger partial charge in [0.25, 0.3) is 0 Å². The van der Waals surface area contributed by atoms with Crippen LogP contribution in [-0.4, -0.2) is 33.8 Å². The van der Waals surface area contributed by atoms with Gasteiger partial charge in [-0.25, -0.2) is 0 Å². The zero-order valence-corrected chi connectivity index (χ0v) is 27.5. The maximum absolute atomic E-state index is 14.0. The van der Waals surface area contributed by atoms with E-state index in [1.165, 1.54) is 30.9 Å². The lowest BCUT2D eigenvalue weighted by Gasteiger charge is -2.55. The topological polar surface area (TPSA) is 85.9 Å². The summed E-state index contributed by atoms with van der Waals surface area (Å²) in [4.78, 5) is 26.3. The first-order valence-corrected chi connectivity index (χ1v) is 16.2. The van der Waals surface area contributed by atoms with E-state index in [2.05, 4.69) is 48.7 Å². The number of rotatable bonds is 7. The smallest absolute Gasteiger partial charge is 0.217 e. The highest BCUT2D eigenvalue weighted by molar-refractivity contribution is 5.83. The maximum Gasteiger partial charge on any atom is 0.217 e. The molecule has 0 bridgehead atoms. The molecule has 0 heterocycles. The van der Waals surface area contributed by atoms with Gasteiger partial charge in [0.05, 0.1) is 33.1 Å². The number of ether oxygens (including phenoxy) is 3. The first-order chi connectivity index (χ1) is 21.6. The molecule has 0 spiro atoms. The van der Waals surface area contributed by atoms with Gasteiger partial charge in [-0.1, -0.05) is 50.6 Å². The first-order valence-electron chi connectivity index (χ1n) is 16.2. The zero-order valence-electron chi connectivity index (χ0n) is 27.5. The van der Waals surface area contributed by atoms with Crippen LogP contribution >= 0.6 is 0 Å². The Labute approximate surface area is 266 Å². The van der Waals surface area contributed by atoms with Crippen LogP contribution in [-0.2, 0) is 23.1 Å². The van der Waals surface area contributed by atoms with E-state index in [1.54, 1.807) is 27.4 Å². The van der Waals surface area contributed by atoms with Gasteiger partial charge in [-0.15, -0.1) is 0 Å². The predicted octanol–water partition coefficient (Wildman–Crippen LogP) is 6.99. The van der Waals surface area contributed by atoms with Crippen molar-refractivity contribution in [2.24, 2.45) is 11.3 Å². The van der Waals surface area contributed by atoms with E-state index in [0.717, 1.165) is 48.1 Å². The fourth-order valence-electron chi connectivity index (χ4n) is 8.92. The second-order valence-electron chi connectivity index (χ2n) is 13.6. The third-order valence-corrected chi connectivity index (χ3v) is 11.0. The van der Waals surface area contributed by atoms with E-state index in [0.29, 0.717) is 41.7 Å². The Hall–Kier alpha value is -4.00. The van der Waals surface area contributed by atoms with Crippen molar-refractivity contribution in [3.63, 3.8) is 0 Å². The van der Waals surface area contributed by atoms with Gasteiger partial charge in [0, 0.05) is 19.0 Å². The number of carbonyl (C=O) groups excluding carboxylic acids is 1. The number of aryl methyl sites for hydroxylation is 2.